The normalized spacial score (nSPS) is 20.0. The van der Waals surface area contributed by atoms with Crippen LogP contribution in [0.3, 0.4) is 0 Å². The highest BCUT2D eigenvalue weighted by Gasteiger charge is 2.22. The summed E-state index contributed by atoms with van der Waals surface area (Å²) in [7, 11) is 0. The quantitative estimate of drug-likeness (QED) is 0.829. The van der Waals surface area contributed by atoms with Crippen LogP contribution in [0.1, 0.15) is 12.0 Å². The largest absolute Gasteiger partial charge is 0.487 e. The zero-order valence-electron chi connectivity index (χ0n) is 8.66. The van der Waals surface area contributed by atoms with E-state index in [4.69, 9.17) is 4.74 Å². The van der Waals surface area contributed by atoms with Crippen molar-refractivity contribution in [3.8, 4) is 5.75 Å². The maximum Gasteiger partial charge on any atom is 0.143 e. The van der Waals surface area contributed by atoms with Crippen molar-refractivity contribution in [2.75, 3.05) is 23.4 Å². The second-order valence-corrected chi connectivity index (χ2v) is 5.17. The smallest absolute Gasteiger partial charge is 0.143 e. The van der Waals surface area contributed by atoms with Gasteiger partial charge in [0.05, 0.1) is 5.69 Å². The molecule has 3 heteroatoms. The van der Waals surface area contributed by atoms with Gasteiger partial charge in [-0.3, -0.25) is 0 Å². The Labute approximate surface area is 94.4 Å². The van der Waals surface area contributed by atoms with Gasteiger partial charge in [0.2, 0.25) is 0 Å². The van der Waals surface area contributed by atoms with Crippen LogP contribution in [0.2, 0.25) is 0 Å². The zero-order valence-corrected chi connectivity index (χ0v) is 9.48. The molecule has 0 radical (unpaired) electrons. The number of nitrogens with one attached hydrogen (secondary N) is 1. The van der Waals surface area contributed by atoms with Crippen LogP contribution < -0.4 is 10.1 Å². The van der Waals surface area contributed by atoms with Crippen molar-refractivity contribution in [2.24, 2.45) is 0 Å². The third kappa shape index (κ3) is 1.81. The van der Waals surface area contributed by atoms with Gasteiger partial charge in [-0.25, -0.2) is 0 Å². The lowest BCUT2D eigenvalue weighted by atomic mass is 10.0. The molecule has 0 aromatic heterocycles. The minimum atomic E-state index is 0.435. The predicted octanol–water partition coefficient (Wildman–Crippen LogP) is 2.54. The van der Waals surface area contributed by atoms with Crippen LogP contribution in [0.4, 0.5) is 5.69 Å². The standard InChI is InChI=1S/C12H15NOS/c1-3-9-4-2-6-13-12(9)11(5-1)14-10-7-15-8-10/h1,3,5,10,13H,2,4,6-8H2. The maximum absolute atomic E-state index is 5.97. The van der Waals surface area contributed by atoms with Gasteiger partial charge in [-0.05, 0) is 24.5 Å². The van der Waals surface area contributed by atoms with Gasteiger partial charge in [-0.2, -0.15) is 11.8 Å². The number of fused-ring (bicyclic) bond motifs is 1. The lowest BCUT2D eigenvalue weighted by molar-refractivity contribution is 0.241. The first-order valence-corrected chi connectivity index (χ1v) is 6.69. The molecule has 2 aliphatic heterocycles. The molecular formula is C12H15NOS. The Morgan fingerprint density at radius 3 is 3.07 bits per heavy atom. The van der Waals surface area contributed by atoms with Crippen molar-refractivity contribution in [2.45, 2.75) is 18.9 Å². The molecule has 15 heavy (non-hydrogen) atoms. The van der Waals surface area contributed by atoms with Gasteiger partial charge in [0.1, 0.15) is 11.9 Å². The van der Waals surface area contributed by atoms with E-state index < -0.39 is 0 Å². The molecule has 1 N–H and O–H groups in total. The average molecular weight is 221 g/mol. The number of rotatable bonds is 2. The Morgan fingerprint density at radius 2 is 2.27 bits per heavy atom. The Bertz CT molecular complexity index is 363. The molecule has 2 aliphatic rings. The van der Waals surface area contributed by atoms with Crippen molar-refractivity contribution in [3.05, 3.63) is 23.8 Å². The zero-order chi connectivity index (χ0) is 10.1. The first-order chi connectivity index (χ1) is 7.43. The SMILES string of the molecule is c1cc2c(c(OC3CSC3)c1)NCCC2. The summed E-state index contributed by atoms with van der Waals surface area (Å²) in [6.45, 7) is 1.08. The summed E-state index contributed by atoms with van der Waals surface area (Å²) in [5.41, 5.74) is 2.64. The molecule has 1 fully saturated rings. The van der Waals surface area contributed by atoms with Gasteiger partial charge >= 0.3 is 0 Å². The van der Waals surface area contributed by atoms with E-state index in [1.807, 2.05) is 11.8 Å². The van der Waals surface area contributed by atoms with Crippen LogP contribution in [-0.4, -0.2) is 24.2 Å². The van der Waals surface area contributed by atoms with Crippen LogP contribution in [0.25, 0.3) is 0 Å². The van der Waals surface area contributed by atoms with E-state index in [9.17, 15) is 0 Å². The summed E-state index contributed by atoms with van der Waals surface area (Å²) < 4.78 is 5.97. The van der Waals surface area contributed by atoms with E-state index >= 15 is 0 Å². The number of thioether (sulfide) groups is 1. The van der Waals surface area contributed by atoms with Gasteiger partial charge in [0, 0.05) is 18.1 Å². The Morgan fingerprint density at radius 1 is 1.33 bits per heavy atom. The molecule has 0 bridgehead atoms. The first-order valence-electron chi connectivity index (χ1n) is 5.53. The topological polar surface area (TPSA) is 21.3 Å². The summed E-state index contributed by atoms with van der Waals surface area (Å²) in [6, 6.07) is 6.39. The molecule has 0 atom stereocenters. The van der Waals surface area contributed by atoms with E-state index in [1.54, 1.807) is 0 Å². The fraction of sp³-hybridized carbons (Fsp3) is 0.500. The molecule has 1 aromatic rings. The third-order valence-corrected chi connectivity index (χ3v) is 4.15. The van der Waals surface area contributed by atoms with E-state index in [0.717, 1.165) is 23.8 Å². The predicted molar refractivity (Wildman–Crippen MR) is 65.0 cm³/mol. The summed E-state index contributed by atoms with van der Waals surface area (Å²) in [4.78, 5) is 0. The lowest BCUT2D eigenvalue weighted by Crippen LogP contribution is -2.31. The number of ether oxygens (including phenoxy) is 1. The minimum absolute atomic E-state index is 0.435. The fourth-order valence-electron chi connectivity index (χ4n) is 2.04. The fourth-order valence-corrected chi connectivity index (χ4v) is 2.60. The molecule has 1 aromatic carbocycles. The Kier molecular flexibility index (Phi) is 2.49. The Hall–Kier alpha value is -0.830. The second kappa shape index (κ2) is 3.97. The van der Waals surface area contributed by atoms with E-state index in [1.165, 1.54) is 24.1 Å². The molecule has 0 aliphatic carbocycles. The molecule has 0 amide bonds. The van der Waals surface area contributed by atoms with E-state index in [-0.39, 0.29) is 0 Å². The molecular weight excluding hydrogens is 206 g/mol. The molecule has 0 unspecified atom stereocenters. The van der Waals surface area contributed by atoms with Crippen molar-refractivity contribution in [1.82, 2.24) is 0 Å². The number of para-hydroxylation sites is 1. The maximum atomic E-state index is 5.97. The highest BCUT2D eigenvalue weighted by molar-refractivity contribution is 8.00. The molecule has 80 valence electrons. The third-order valence-electron chi connectivity index (χ3n) is 2.94. The molecule has 2 nitrogen and oxygen atoms in total. The highest BCUT2D eigenvalue weighted by Crippen LogP contribution is 2.34. The number of hydrogen-bond acceptors (Lipinski definition) is 3. The number of anilines is 1. The minimum Gasteiger partial charge on any atom is -0.487 e. The van der Waals surface area contributed by atoms with Crippen molar-refractivity contribution >= 4 is 17.4 Å². The van der Waals surface area contributed by atoms with E-state index in [0.29, 0.717) is 6.10 Å². The molecule has 1 saturated heterocycles. The summed E-state index contributed by atoms with van der Waals surface area (Å²) in [5, 5.41) is 3.45. The summed E-state index contributed by atoms with van der Waals surface area (Å²) >= 11 is 1.96. The molecule has 0 spiro atoms. The Balaban J connectivity index is 1.85. The van der Waals surface area contributed by atoms with Crippen LogP contribution in [0, 0.1) is 0 Å². The van der Waals surface area contributed by atoms with Crippen LogP contribution >= 0.6 is 11.8 Å². The van der Waals surface area contributed by atoms with Crippen LogP contribution in [0.15, 0.2) is 18.2 Å². The monoisotopic (exact) mass is 221 g/mol. The highest BCUT2D eigenvalue weighted by atomic mass is 32.2. The van der Waals surface area contributed by atoms with Crippen LogP contribution in [0.5, 0.6) is 5.75 Å². The van der Waals surface area contributed by atoms with Gasteiger partial charge < -0.3 is 10.1 Å². The molecule has 2 heterocycles. The molecule has 0 saturated carbocycles. The second-order valence-electron chi connectivity index (χ2n) is 4.10. The summed E-state index contributed by atoms with van der Waals surface area (Å²) in [6.07, 6.45) is 2.85. The average Bonchev–Trinajstić information content (AvgIpc) is 2.23. The van der Waals surface area contributed by atoms with Crippen molar-refractivity contribution < 1.29 is 4.74 Å². The van der Waals surface area contributed by atoms with Crippen molar-refractivity contribution in [3.63, 3.8) is 0 Å². The molecule has 3 rings (SSSR count). The first kappa shape index (κ1) is 9.40. The number of benzene rings is 1. The number of aryl methyl sites for hydroxylation is 1. The number of hydrogen-bond donors (Lipinski definition) is 1. The van der Waals surface area contributed by atoms with Gasteiger partial charge in [0.25, 0.3) is 0 Å². The summed E-state index contributed by atoms with van der Waals surface area (Å²) in [5.74, 6) is 3.34. The van der Waals surface area contributed by atoms with E-state index in [2.05, 4.69) is 23.5 Å². The van der Waals surface area contributed by atoms with Gasteiger partial charge in [-0.1, -0.05) is 12.1 Å². The van der Waals surface area contributed by atoms with Crippen molar-refractivity contribution in [1.29, 1.82) is 0 Å². The van der Waals surface area contributed by atoms with Gasteiger partial charge in [-0.15, -0.1) is 0 Å². The lowest BCUT2D eigenvalue weighted by Gasteiger charge is -2.29. The van der Waals surface area contributed by atoms with Gasteiger partial charge in [0.15, 0.2) is 0 Å². The van der Waals surface area contributed by atoms with Crippen LogP contribution in [-0.2, 0) is 6.42 Å².